The lowest BCUT2D eigenvalue weighted by molar-refractivity contribution is -0.150. The Kier molecular flexibility index (Phi) is 8.98. The van der Waals surface area contributed by atoms with Crippen molar-refractivity contribution in [1.82, 2.24) is 19.5 Å². The Hall–Kier alpha value is -2.95. The minimum Gasteiger partial charge on any atom is -0.465 e. The van der Waals surface area contributed by atoms with Crippen LogP contribution in [-0.4, -0.2) is 50.7 Å². The van der Waals surface area contributed by atoms with Gasteiger partial charge in [0.05, 0.1) is 19.5 Å². The maximum absolute atomic E-state index is 12.2. The third-order valence-corrected chi connectivity index (χ3v) is 4.69. The number of fused-ring (bicyclic) bond motifs is 1. The molecule has 0 saturated heterocycles. The van der Waals surface area contributed by atoms with Gasteiger partial charge in [-0.25, -0.2) is 4.98 Å². The average Bonchev–Trinajstić information content (AvgIpc) is 3.09. The Morgan fingerprint density at radius 2 is 1.97 bits per heavy atom. The number of hydrogen-bond acceptors (Lipinski definition) is 9. The number of nitrogen functional groups attached to an aromatic ring is 1. The molecular formula is C20H32N6O5. The van der Waals surface area contributed by atoms with Crippen molar-refractivity contribution in [2.75, 3.05) is 18.9 Å². The monoisotopic (exact) mass is 436 g/mol. The van der Waals surface area contributed by atoms with Crippen LogP contribution in [0.5, 0.6) is 0 Å². The number of hydrogen-bond donors (Lipinski definition) is 3. The van der Waals surface area contributed by atoms with Gasteiger partial charge in [0.25, 0.3) is 5.56 Å². The van der Waals surface area contributed by atoms with E-state index in [1.54, 1.807) is 4.57 Å². The van der Waals surface area contributed by atoms with Crippen LogP contribution >= 0.6 is 0 Å². The summed E-state index contributed by atoms with van der Waals surface area (Å²) in [6.07, 6.45) is 3.52. The van der Waals surface area contributed by atoms with E-state index in [0.29, 0.717) is 37.9 Å². The van der Waals surface area contributed by atoms with Gasteiger partial charge in [0, 0.05) is 18.9 Å². The highest BCUT2D eigenvalue weighted by Crippen LogP contribution is 2.13. The molecule has 0 aliphatic carbocycles. The van der Waals surface area contributed by atoms with Gasteiger partial charge < -0.3 is 25.5 Å². The number of carbonyl (C=O) groups excluding carboxylic acids is 2. The number of nitrogens with one attached hydrogen (secondary N) is 1. The van der Waals surface area contributed by atoms with Gasteiger partial charge in [-0.2, -0.15) is 4.98 Å². The Bertz CT molecular complexity index is 938. The molecular weight excluding hydrogens is 404 g/mol. The highest BCUT2D eigenvalue weighted by molar-refractivity contribution is 5.75. The van der Waals surface area contributed by atoms with Gasteiger partial charge in [0.2, 0.25) is 5.95 Å². The van der Waals surface area contributed by atoms with Crippen LogP contribution in [0.15, 0.2) is 11.1 Å². The van der Waals surface area contributed by atoms with Gasteiger partial charge in [-0.05, 0) is 25.2 Å². The van der Waals surface area contributed by atoms with Crippen molar-refractivity contribution in [2.24, 2.45) is 17.6 Å². The van der Waals surface area contributed by atoms with Crippen molar-refractivity contribution in [3.05, 3.63) is 16.7 Å². The number of aryl methyl sites for hydroxylation is 1. The van der Waals surface area contributed by atoms with E-state index in [-0.39, 0.29) is 42.5 Å². The molecule has 0 aliphatic heterocycles. The average molecular weight is 437 g/mol. The number of rotatable bonds is 12. The molecule has 2 aromatic rings. The first kappa shape index (κ1) is 24.3. The molecule has 2 aromatic heterocycles. The number of esters is 2. The first-order chi connectivity index (χ1) is 14.7. The molecule has 31 heavy (non-hydrogen) atoms. The summed E-state index contributed by atoms with van der Waals surface area (Å²) in [7, 11) is 0. The maximum Gasteiger partial charge on any atom is 0.322 e. The van der Waals surface area contributed by atoms with Gasteiger partial charge >= 0.3 is 11.9 Å². The molecule has 0 amide bonds. The van der Waals surface area contributed by atoms with E-state index in [2.05, 4.69) is 15.0 Å². The lowest BCUT2D eigenvalue weighted by Crippen LogP contribution is -2.35. The highest BCUT2D eigenvalue weighted by atomic mass is 16.5. The summed E-state index contributed by atoms with van der Waals surface area (Å²) in [5, 5.41) is 0. The molecule has 2 rings (SSSR count). The highest BCUT2D eigenvalue weighted by Gasteiger charge is 2.20. The Balaban J connectivity index is 2.03. The van der Waals surface area contributed by atoms with Gasteiger partial charge in [0.15, 0.2) is 11.2 Å². The number of aromatic amines is 1. The van der Waals surface area contributed by atoms with Crippen LogP contribution in [0.2, 0.25) is 0 Å². The van der Waals surface area contributed by atoms with E-state index in [0.717, 1.165) is 0 Å². The number of carbonyl (C=O) groups is 2. The summed E-state index contributed by atoms with van der Waals surface area (Å²) in [5.41, 5.74) is 11.6. The number of anilines is 1. The van der Waals surface area contributed by atoms with Crippen molar-refractivity contribution < 1.29 is 19.1 Å². The molecule has 172 valence electrons. The zero-order chi connectivity index (χ0) is 23.0. The number of H-pyrrole nitrogens is 1. The third kappa shape index (κ3) is 7.35. The minimum absolute atomic E-state index is 0.00244. The molecule has 0 radical (unpaired) electrons. The van der Waals surface area contributed by atoms with Gasteiger partial charge in [-0.15, -0.1) is 0 Å². The van der Waals surface area contributed by atoms with Gasteiger partial charge in [-0.1, -0.05) is 20.8 Å². The molecule has 2 heterocycles. The number of ether oxygens (including phenoxy) is 2. The number of nitrogens with two attached hydrogens (primary N) is 2. The van der Waals surface area contributed by atoms with Crippen LogP contribution in [0.3, 0.4) is 0 Å². The van der Waals surface area contributed by atoms with Gasteiger partial charge in [0.1, 0.15) is 6.04 Å². The standard InChI is InChI=1S/C20H32N6O5/c1-4-5-15(27)30-9-13(10-31-19(29)14(21)8-12(2)3)6-7-26-11-23-16-17(26)24-20(22)25-18(16)28/h11-14H,4-10,21H2,1-3H3,(H3,22,24,25,28)/t13?,14-/m0/s1. The van der Waals surface area contributed by atoms with E-state index >= 15 is 0 Å². The van der Waals surface area contributed by atoms with Crippen LogP contribution in [0.1, 0.15) is 46.5 Å². The summed E-state index contributed by atoms with van der Waals surface area (Å²) in [5.74, 6) is -0.770. The molecule has 0 fully saturated rings. The molecule has 0 aromatic carbocycles. The quantitative estimate of drug-likeness (QED) is 0.410. The fourth-order valence-electron chi connectivity index (χ4n) is 3.07. The molecule has 0 spiro atoms. The SMILES string of the molecule is CCCC(=O)OCC(CCn1cnc2c(=O)[nH]c(N)nc21)COC(=O)[C@@H](N)CC(C)C. The fourth-order valence-corrected chi connectivity index (χ4v) is 3.07. The second-order valence-electron chi connectivity index (χ2n) is 8.02. The van der Waals surface area contributed by atoms with Crippen LogP contribution in [0, 0.1) is 11.8 Å². The van der Waals surface area contributed by atoms with Crippen molar-refractivity contribution in [3.8, 4) is 0 Å². The van der Waals surface area contributed by atoms with Crippen LogP contribution in [0.4, 0.5) is 5.95 Å². The molecule has 0 aliphatic rings. The predicted molar refractivity (Wildman–Crippen MR) is 115 cm³/mol. The Morgan fingerprint density at radius 1 is 1.26 bits per heavy atom. The number of aromatic nitrogens is 4. The zero-order valence-electron chi connectivity index (χ0n) is 18.3. The topological polar surface area (TPSA) is 168 Å². The Labute approximate surface area is 180 Å². The van der Waals surface area contributed by atoms with Crippen molar-refractivity contribution in [1.29, 1.82) is 0 Å². The van der Waals surface area contributed by atoms with Crippen molar-refractivity contribution >= 4 is 29.1 Å². The summed E-state index contributed by atoms with van der Waals surface area (Å²) in [6.45, 7) is 6.43. The van der Waals surface area contributed by atoms with E-state index in [9.17, 15) is 14.4 Å². The Morgan fingerprint density at radius 3 is 2.65 bits per heavy atom. The molecule has 0 bridgehead atoms. The molecule has 5 N–H and O–H groups in total. The number of imidazole rings is 1. The second-order valence-corrected chi connectivity index (χ2v) is 8.02. The molecule has 2 atom stereocenters. The third-order valence-electron chi connectivity index (χ3n) is 4.69. The molecule has 1 unspecified atom stereocenters. The molecule has 11 nitrogen and oxygen atoms in total. The minimum atomic E-state index is -0.695. The van der Waals surface area contributed by atoms with Crippen LogP contribution in [0.25, 0.3) is 11.2 Å². The summed E-state index contributed by atoms with van der Waals surface area (Å²) in [4.78, 5) is 46.5. The van der Waals surface area contributed by atoms with Crippen molar-refractivity contribution in [2.45, 2.75) is 59.0 Å². The second kappa shape index (κ2) is 11.4. The maximum atomic E-state index is 12.2. The van der Waals surface area contributed by atoms with Gasteiger partial charge in [-0.3, -0.25) is 19.4 Å². The lowest BCUT2D eigenvalue weighted by Gasteiger charge is -2.19. The molecule has 0 saturated carbocycles. The van der Waals surface area contributed by atoms with Crippen molar-refractivity contribution in [3.63, 3.8) is 0 Å². The largest absolute Gasteiger partial charge is 0.465 e. The van der Waals surface area contributed by atoms with E-state index in [1.165, 1.54) is 6.33 Å². The van der Waals surface area contributed by atoms with E-state index in [4.69, 9.17) is 20.9 Å². The zero-order valence-corrected chi connectivity index (χ0v) is 18.3. The normalized spacial score (nSPS) is 13.3. The fraction of sp³-hybridized carbons (Fsp3) is 0.650. The first-order valence-electron chi connectivity index (χ1n) is 10.5. The smallest absolute Gasteiger partial charge is 0.322 e. The van der Waals surface area contributed by atoms with Crippen LogP contribution < -0.4 is 17.0 Å². The summed E-state index contributed by atoms with van der Waals surface area (Å²) in [6, 6.07) is -0.695. The summed E-state index contributed by atoms with van der Waals surface area (Å²) < 4.78 is 12.4. The first-order valence-corrected chi connectivity index (χ1v) is 10.5. The summed E-state index contributed by atoms with van der Waals surface area (Å²) >= 11 is 0. The van der Waals surface area contributed by atoms with E-state index in [1.807, 2.05) is 20.8 Å². The molecule has 11 heteroatoms. The predicted octanol–water partition coefficient (Wildman–Crippen LogP) is 0.968. The lowest BCUT2D eigenvalue weighted by atomic mass is 10.0. The number of nitrogens with zero attached hydrogens (tertiary/aromatic N) is 3. The van der Waals surface area contributed by atoms with Crippen LogP contribution in [-0.2, 0) is 25.6 Å². The van der Waals surface area contributed by atoms with E-state index < -0.39 is 17.6 Å².